The molecule has 1 N–H and O–H groups in total. The molecular weight excluding hydrogens is 416 g/mol. The molecule has 168 valence electrons. The van der Waals surface area contributed by atoms with Gasteiger partial charge in [0.15, 0.2) is 5.84 Å². The van der Waals surface area contributed by atoms with Crippen LogP contribution in [0.1, 0.15) is 50.5 Å². The lowest BCUT2D eigenvalue weighted by atomic mass is 9.96. The molecule has 1 atom stereocenters. The number of nitrogens with one attached hydrogen (secondary N) is 1. The van der Waals surface area contributed by atoms with Gasteiger partial charge in [0.2, 0.25) is 11.8 Å². The third-order valence-electron chi connectivity index (χ3n) is 6.30. The van der Waals surface area contributed by atoms with Gasteiger partial charge in [-0.25, -0.2) is 0 Å². The van der Waals surface area contributed by atoms with Gasteiger partial charge in [0.25, 0.3) is 10.0 Å². The Morgan fingerprint density at radius 3 is 2.55 bits per heavy atom. The molecule has 2 amide bonds. The quantitative estimate of drug-likeness (QED) is 0.760. The zero-order valence-electron chi connectivity index (χ0n) is 17.8. The fraction of sp³-hybridized carbons (Fsp3) is 0.591. The van der Waals surface area contributed by atoms with E-state index >= 15 is 0 Å². The van der Waals surface area contributed by atoms with Crippen molar-refractivity contribution in [2.75, 3.05) is 32.7 Å². The van der Waals surface area contributed by atoms with Gasteiger partial charge in [-0.2, -0.15) is 8.42 Å². The van der Waals surface area contributed by atoms with Gasteiger partial charge < -0.3 is 15.1 Å². The van der Waals surface area contributed by atoms with Crippen LogP contribution in [0.4, 0.5) is 0 Å². The fourth-order valence-electron chi connectivity index (χ4n) is 4.62. The Balaban J connectivity index is 1.32. The number of amides is 2. The average Bonchev–Trinajstić information content (AvgIpc) is 2.94. The van der Waals surface area contributed by atoms with E-state index in [4.69, 9.17) is 0 Å². The van der Waals surface area contributed by atoms with E-state index in [1.54, 1.807) is 24.3 Å². The van der Waals surface area contributed by atoms with Crippen LogP contribution in [0.25, 0.3) is 0 Å². The van der Waals surface area contributed by atoms with Crippen LogP contribution in [0.3, 0.4) is 0 Å². The summed E-state index contributed by atoms with van der Waals surface area (Å²) in [7, 11) is -3.68. The van der Waals surface area contributed by atoms with Crippen LogP contribution in [0, 0.1) is 5.92 Å². The molecule has 4 rings (SSSR count). The lowest BCUT2D eigenvalue weighted by Crippen LogP contribution is -2.46. The Hall–Kier alpha value is -2.42. The highest BCUT2D eigenvalue weighted by molar-refractivity contribution is 7.90. The molecule has 0 aromatic heterocycles. The summed E-state index contributed by atoms with van der Waals surface area (Å²) in [4.78, 5) is 29.2. The molecule has 0 spiro atoms. The number of carbonyl (C=O) groups is 2. The van der Waals surface area contributed by atoms with Crippen molar-refractivity contribution in [2.45, 2.75) is 49.8 Å². The van der Waals surface area contributed by atoms with Crippen LogP contribution in [-0.2, 0) is 19.6 Å². The highest BCUT2D eigenvalue weighted by Gasteiger charge is 2.35. The zero-order chi connectivity index (χ0) is 21.8. The minimum absolute atomic E-state index is 0.0805. The Labute approximate surface area is 183 Å². The van der Waals surface area contributed by atoms with Crippen LogP contribution in [0.5, 0.6) is 0 Å². The molecule has 9 heteroatoms. The van der Waals surface area contributed by atoms with E-state index in [0.717, 1.165) is 38.8 Å². The highest BCUT2D eigenvalue weighted by atomic mass is 32.2. The molecule has 31 heavy (non-hydrogen) atoms. The number of sulfonamides is 1. The number of likely N-dealkylation sites (tertiary alicyclic amines) is 2. The van der Waals surface area contributed by atoms with Crippen molar-refractivity contribution in [3.05, 3.63) is 29.8 Å². The fourth-order valence-corrected chi connectivity index (χ4v) is 5.84. The average molecular weight is 447 g/mol. The van der Waals surface area contributed by atoms with Crippen molar-refractivity contribution in [3.63, 3.8) is 0 Å². The minimum atomic E-state index is -3.68. The first-order valence-corrected chi connectivity index (χ1v) is 12.6. The van der Waals surface area contributed by atoms with Crippen molar-refractivity contribution in [2.24, 2.45) is 10.3 Å². The van der Waals surface area contributed by atoms with Gasteiger partial charge in [-0.3, -0.25) is 9.59 Å². The number of carbonyl (C=O) groups excluding carboxylic acids is 2. The Morgan fingerprint density at radius 1 is 1.03 bits per heavy atom. The summed E-state index contributed by atoms with van der Waals surface area (Å²) < 4.78 is 28.7. The molecule has 1 aromatic carbocycles. The van der Waals surface area contributed by atoms with E-state index in [-0.39, 0.29) is 22.6 Å². The van der Waals surface area contributed by atoms with Gasteiger partial charge in [0, 0.05) is 44.7 Å². The van der Waals surface area contributed by atoms with Crippen molar-refractivity contribution < 1.29 is 18.0 Å². The summed E-state index contributed by atoms with van der Waals surface area (Å²) in [6.45, 7) is 3.06. The molecule has 3 aliphatic heterocycles. The van der Waals surface area contributed by atoms with E-state index in [1.165, 1.54) is 12.8 Å². The van der Waals surface area contributed by atoms with Crippen molar-refractivity contribution in [1.82, 2.24) is 15.1 Å². The van der Waals surface area contributed by atoms with Crippen LogP contribution >= 0.6 is 0 Å². The summed E-state index contributed by atoms with van der Waals surface area (Å²) in [5, 5.41) is 2.91. The van der Waals surface area contributed by atoms with Gasteiger partial charge in [-0.1, -0.05) is 25.0 Å². The molecule has 8 nitrogen and oxygen atoms in total. The second-order valence-electron chi connectivity index (χ2n) is 8.51. The minimum Gasteiger partial charge on any atom is -0.355 e. The Morgan fingerprint density at radius 2 is 1.77 bits per heavy atom. The maximum atomic E-state index is 12.7. The first kappa shape index (κ1) is 21.8. The number of amidine groups is 1. The van der Waals surface area contributed by atoms with Crippen molar-refractivity contribution in [1.29, 1.82) is 0 Å². The number of nitrogens with zero attached hydrogens (tertiary/aromatic N) is 3. The monoisotopic (exact) mass is 446 g/mol. The normalized spacial score (nSPS) is 23.0. The van der Waals surface area contributed by atoms with E-state index in [0.29, 0.717) is 37.5 Å². The number of hydrogen-bond donors (Lipinski definition) is 1. The number of fused-ring (bicyclic) bond motifs is 1. The third kappa shape index (κ3) is 4.92. The number of piperidine rings is 1. The highest BCUT2D eigenvalue weighted by Crippen LogP contribution is 2.29. The summed E-state index contributed by atoms with van der Waals surface area (Å²) in [6, 6.07) is 6.81. The van der Waals surface area contributed by atoms with Crippen LogP contribution in [-0.4, -0.2) is 68.6 Å². The Bertz CT molecular complexity index is 967. The molecular formula is C22H30N4O4S. The molecule has 0 saturated carbocycles. The third-order valence-corrected chi connectivity index (χ3v) is 7.63. The molecule has 0 aliphatic carbocycles. The largest absolute Gasteiger partial charge is 0.355 e. The molecule has 3 aliphatic rings. The van der Waals surface area contributed by atoms with Gasteiger partial charge in [0.1, 0.15) is 4.90 Å². The lowest BCUT2D eigenvalue weighted by molar-refractivity contribution is -0.131. The summed E-state index contributed by atoms with van der Waals surface area (Å²) in [5.74, 6) is 0.211. The molecule has 1 unspecified atom stereocenters. The zero-order valence-corrected chi connectivity index (χ0v) is 18.6. The SMILES string of the molecule is O=C(NCCC(=O)N1CCCCCC1)C1CCCN(C2=NS(=O)(=O)c3ccccc32)C1. The predicted octanol–water partition coefficient (Wildman–Crippen LogP) is 1.76. The van der Waals surface area contributed by atoms with Crippen LogP contribution in [0.2, 0.25) is 0 Å². The van der Waals surface area contributed by atoms with E-state index in [9.17, 15) is 18.0 Å². The number of rotatable bonds is 4. The molecule has 2 fully saturated rings. The lowest BCUT2D eigenvalue weighted by Gasteiger charge is -2.33. The predicted molar refractivity (Wildman–Crippen MR) is 117 cm³/mol. The molecule has 2 saturated heterocycles. The number of hydrogen-bond acceptors (Lipinski definition) is 5. The standard InChI is InChI=1S/C22H30N4O4S/c27-20(25-13-5-1-2-6-14-25)11-12-23-22(28)17-8-7-15-26(16-17)21-18-9-3-4-10-19(18)31(29,30)24-21/h3-4,9-10,17H,1-2,5-8,11-16H2,(H,23,28). The molecule has 0 bridgehead atoms. The van der Waals surface area contributed by atoms with Crippen molar-refractivity contribution in [3.8, 4) is 0 Å². The topological polar surface area (TPSA) is 99.2 Å². The number of benzene rings is 1. The molecule has 1 aromatic rings. The first-order chi connectivity index (χ1) is 15.0. The maximum absolute atomic E-state index is 12.7. The second kappa shape index (κ2) is 9.38. The molecule has 0 radical (unpaired) electrons. The van der Waals surface area contributed by atoms with Gasteiger partial charge >= 0.3 is 0 Å². The van der Waals surface area contributed by atoms with E-state index in [1.807, 2.05) is 9.80 Å². The Kier molecular flexibility index (Phi) is 6.60. The van der Waals surface area contributed by atoms with E-state index < -0.39 is 10.0 Å². The summed E-state index contributed by atoms with van der Waals surface area (Å²) in [6.07, 6.45) is 6.31. The van der Waals surface area contributed by atoms with Crippen LogP contribution < -0.4 is 5.32 Å². The van der Waals surface area contributed by atoms with Gasteiger partial charge in [0.05, 0.1) is 5.92 Å². The van der Waals surface area contributed by atoms with E-state index in [2.05, 4.69) is 9.71 Å². The van der Waals surface area contributed by atoms with Gasteiger partial charge in [-0.05, 0) is 37.8 Å². The first-order valence-electron chi connectivity index (χ1n) is 11.2. The summed E-state index contributed by atoms with van der Waals surface area (Å²) in [5.41, 5.74) is 0.603. The summed E-state index contributed by atoms with van der Waals surface area (Å²) >= 11 is 0. The maximum Gasteiger partial charge on any atom is 0.285 e. The van der Waals surface area contributed by atoms with Crippen molar-refractivity contribution >= 4 is 27.7 Å². The smallest absolute Gasteiger partial charge is 0.285 e. The van der Waals surface area contributed by atoms with Gasteiger partial charge in [-0.15, -0.1) is 4.40 Å². The molecule has 3 heterocycles. The van der Waals surface area contributed by atoms with Crippen LogP contribution in [0.15, 0.2) is 33.6 Å². The second-order valence-corrected chi connectivity index (χ2v) is 10.1.